The molecular formula is C31H35ClN4O4. The Morgan fingerprint density at radius 1 is 0.950 bits per heavy atom. The maximum absolute atomic E-state index is 12.5. The van der Waals surface area contributed by atoms with Gasteiger partial charge in [-0.3, -0.25) is 4.79 Å². The Balaban J connectivity index is 1.37. The number of hydrogen-bond acceptors (Lipinski definition) is 6. The molecule has 2 aliphatic rings. The number of aromatic nitrogens is 1. The van der Waals surface area contributed by atoms with E-state index in [4.69, 9.17) is 21.1 Å². The van der Waals surface area contributed by atoms with Crippen molar-refractivity contribution in [3.63, 3.8) is 0 Å². The highest BCUT2D eigenvalue weighted by Crippen LogP contribution is 2.41. The van der Waals surface area contributed by atoms with Crippen LogP contribution in [0.25, 0.3) is 22.3 Å². The van der Waals surface area contributed by atoms with Crippen molar-refractivity contribution in [2.75, 3.05) is 49.6 Å². The zero-order chi connectivity index (χ0) is 28.4. The largest absolute Gasteiger partial charge is 0.495 e. The molecule has 2 amide bonds. The second-order valence-electron chi connectivity index (χ2n) is 11.1. The predicted molar refractivity (Wildman–Crippen MR) is 158 cm³/mol. The van der Waals surface area contributed by atoms with Gasteiger partial charge in [0.15, 0.2) is 0 Å². The highest BCUT2D eigenvalue weighted by atomic mass is 35.5. The van der Waals surface area contributed by atoms with Gasteiger partial charge in [0.1, 0.15) is 17.2 Å². The van der Waals surface area contributed by atoms with Crippen molar-refractivity contribution in [1.82, 2.24) is 9.88 Å². The number of ether oxygens (including phenoxy) is 2. The van der Waals surface area contributed by atoms with Gasteiger partial charge in [0.25, 0.3) is 0 Å². The van der Waals surface area contributed by atoms with Gasteiger partial charge >= 0.3 is 6.09 Å². The van der Waals surface area contributed by atoms with Crippen molar-refractivity contribution >= 4 is 35.1 Å². The number of rotatable bonds is 5. The Morgan fingerprint density at radius 3 is 2.25 bits per heavy atom. The maximum Gasteiger partial charge on any atom is 0.410 e. The molecule has 2 fully saturated rings. The first kappa shape index (κ1) is 27.8. The molecule has 210 valence electrons. The lowest BCUT2D eigenvalue weighted by Crippen LogP contribution is -2.50. The molecule has 0 radical (unpaired) electrons. The molecule has 2 aliphatic heterocycles. The molecule has 0 bridgehead atoms. The summed E-state index contributed by atoms with van der Waals surface area (Å²) in [4.78, 5) is 35.0. The van der Waals surface area contributed by atoms with Crippen molar-refractivity contribution in [2.24, 2.45) is 0 Å². The number of amides is 2. The number of benzene rings is 2. The molecule has 8 nitrogen and oxygen atoms in total. The van der Waals surface area contributed by atoms with E-state index < -0.39 is 5.60 Å². The standard InChI is InChI=1S/C31H35ClN4O4/c1-31(2,3)40-30(38)35-17-15-34(16-18-35)27-20-22(12-13-33-27)24-8-5-7-23(29(24)39-4)21-10-11-26(25(32)19-21)36-14-6-9-28(36)37/h5,7-8,10-13,19-20H,6,9,14-18H2,1-4H3. The first-order valence-corrected chi connectivity index (χ1v) is 14.0. The number of piperazine rings is 1. The summed E-state index contributed by atoms with van der Waals surface area (Å²) in [6.07, 6.45) is 2.92. The Labute approximate surface area is 240 Å². The maximum atomic E-state index is 12.5. The topological polar surface area (TPSA) is 75.2 Å². The molecule has 1 aromatic heterocycles. The van der Waals surface area contributed by atoms with Crippen molar-refractivity contribution in [2.45, 2.75) is 39.2 Å². The fourth-order valence-electron chi connectivity index (χ4n) is 5.21. The number of halogens is 1. The van der Waals surface area contributed by atoms with E-state index in [9.17, 15) is 9.59 Å². The van der Waals surface area contributed by atoms with E-state index in [0.29, 0.717) is 44.2 Å². The molecule has 5 rings (SSSR count). The number of carbonyl (C=O) groups excluding carboxylic acids is 2. The van der Waals surface area contributed by atoms with E-state index in [1.807, 2.05) is 63.2 Å². The van der Waals surface area contributed by atoms with E-state index in [2.05, 4.69) is 16.0 Å². The lowest BCUT2D eigenvalue weighted by Gasteiger charge is -2.36. The molecule has 2 aromatic carbocycles. The molecule has 0 spiro atoms. The smallest absolute Gasteiger partial charge is 0.410 e. The van der Waals surface area contributed by atoms with Gasteiger partial charge in [-0.25, -0.2) is 9.78 Å². The lowest BCUT2D eigenvalue weighted by molar-refractivity contribution is -0.117. The summed E-state index contributed by atoms with van der Waals surface area (Å²) >= 11 is 6.66. The second-order valence-corrected chi connectivity index (χ2v) is 11.5. The molecule has 0 atom stereocenters. The number of nitrogens with zero attached hydrogens (tertiary/aromatic N) is 4. The summed E-state index contributed by atoms with van der Waals surface area (Å²) in [6, 6.07) is 15.8. The van der Waals surface area contributed by atoms with Crippen LogP contribution in [0.2, 0.25) is 5.02 Å². The number of para-hydroxylation sites is 1. The SMILES string of the molecule is COc1c(-c2ccnc(N3CCN(C(=O)OC(C)(C)C)CC3)c2)cccc1-c1ccc(N2CCCC2=O)c(Cl)c1. The molecule has 40 heavy (non-hydrogen) atoms. The molecule has 3 heterocycles. The highest BCUT2D eigenvalue weighted by Gasteiger charge is 2.27. The Hall–Kier alpha value is -3.78. The van der Waals surface area contributed by atoms with Crippen LogP contribution in [0.3, 0.4) is 0 Å². The summed E-state index contributed by atoms with van der Waals surface area (Å²) in [5, 5.41) is 0.539. The minimum atomic E-state index is -0.516. The molecule has 2 saturated heterocycles. The summed E-state index contributed by atoms with van der Waals surface area (Å²) in [6.45, 7) is 8.78. The van der Waals surface area contributed by atoms with Gasteiger partial charge < -0.3 is 24.2 Å². The number of methoxy groups -OCH3 is 1. The lowest BCUT2D eigenvalue weighted by atomic mass is 9.97. The third kappa shape index (κ3) is 5.87. The van der Waals surface area contributed by atoms with Crippen molar-refractivity contribution in [1.29, 1.82) is 0 Å². The molecule has 3 aromatic rings. The van der Waals surface area contributed by atoms with Crippen LogP contribution in [-0.4, -0.2) is 67.3 Å². The van der Waals surface area contributed by atoms with E-state index in [-0.39, 0.29) is 12.0 Å². The van der Waals surface area contributed by atoms with Gasteiger partial charge in [0.2, 0.25) is 5.91 Å². The molecule has 0 aliphatic carbocycles. The van der Waals surface area contributed by atoms with Crippen LogP contribution in [0.1, 0.15) is 33.6 Å². The fourth-order valence-corrected chi connectivity index (χ4v) is 5.49. The number of carbonyl (C=O) groups is 2. The van der Waals surface area contributed by atoms with Crippen LogP contribution < -0.4 is 14.5 Å². The summed E-state index contributed by atoms with van der Waals surface area (Å²) < 4.78 is 11.5. The summed E-state index contributed by atoms with van der Waals surface area (Å²) in [7, 11) is 1.67. The zero-order valence-electron chi connectivity index (χ0n) is 23.4. The zero-order valence-corrected chi connectivity index (χ0v) is 24.2. The Kier molecular flexibility index (Phi) is 7.90. The fraction of sp³-hybridized carbons (Fsp3) is 0.387. The third-order valence-corrected chi connectivity index (χ3v) is 7.46. The minimum absolute atomic E-state index is 0.106. The molecule has 0 N–H and O–H groups in total. The molecule has 0 saturated carbocycles. The van der Waals surface area contributed by atoms with Crippen LogP contribution in [-0.2, 0) is 9.53 Å². The predicted octanol–water partition coefficient (Wildman–Crippen LogP) is 6.26. The molecule has 0 unspecified atom stereocenters. The summed E-state index contributed by atoms with van der Waals surface area (Å²) in [5.41, 5.74) is 3.96. The Bertz CT molecular complexity index is 1410. The van der Waals surface area contributed by atoms with Crippen LogP contribution in [0.5, 0.6) is 5.75 Å². The van der Waals surface area contributed by atoms with E-state index in [0.717, 1.165) is 45.9 Å². The van der Waals surface area contributed by atoms with E-state index in [1.54, 1.807) is 23.1 Å². The van der Waals surface area contributed by atoms with Gasteiger partial charge in [-0.2, -0.15) is 0 Å². The van der Waals surface area contributed by atoms with Crippen LogP contribution in [0.15, 0.2) is 54.7 Å². The molecule has 9 heteroatoms. The van der Waals surface area contributed by atoms with Crippen LogP contribution in [0.4, 0.5) is 16.3 Å². The van der Waals surface area contributed by atoms with E-state index in [1.165, 1.54) is 0 Å². The molecular weight excluding hydrogens is 528 g/mol. The van der Waals surface area contributed by atoms with Gasteiger partial charge in [-0.05, 0) is 62.6 Å². The third-order valence-electron chi connectivity index (χ3n) is 7.15. The Morgan fingerprint density at radius 2 is 1.65 bits per heavy atom. The van der Waals surface area contributed by atoms with E-state index >= 15 is 0 Å². The second kappa shape index (κ2) is 11.4. The van der Waals surface area contributed by atoms with Crippen LogP contribution in [0, 0.1) is 0 Å². The summed E-state index contributed by atoms with van der Waals surface area (Å²) in [5.74, 6) is 1.68. The van der Waals surface area contributed by atoms with Gasteiger partial charge in [0, 0.05) is 56.5 Å². The number of hydrogen-bond donors (Lipinski definition) is 0. The average molecular weight is 563 g/mol. The normalized spacial score (nSPS) is 15.9. The van der Waals surface area contributed by atoms with Crippen molar-refractivity contribution < 1.29 is 19.1 Å². The quantitative estimate of drug-likeness (QED) is 0.365. The van der Waals surface area contributed by atoms with Gasteiger partial charge in [-0.1, -0.05) is 35.9 Å². The first-order valence-electron chi connectivity index (χ1n) is 13.6. The monoisotopic (exact) mass is 562 g/mol. The minimum Gasteiger partial charge on any atom is -0.495 e. The number of pyridine rings is 1. The van der Waals surface area contributed by atoms with Gasteiger partial charge in [-0.15, -0.1) is 0 Å². The van der Waals surface area contributed by atoms with Crippen molar-refractivity contribution in [3.05, 3.63) is 59.8 Å². The highest BCUT2D eigenvalue weighted by molar-refractivity contribution is 6.34. The average Bonchev–Trinajstić information content (AvgIpc) is 3.37. The van der Waals surface area contributed by atoms with Crippen LogP contribution >= 0.6 is 11.6 Å². The van der Waals surface area contributed by atoms with Crippen molar-refractivity contribution in [3.8, 4) is 28.0 Å². The van der Waals surface area contributed by atoms with Gasteiger partial charge in [0.05, 0.1) is 17.8 Å². The number of anilines is 2. The first-order chi connectivity index (χ1) is 19.1.